The Bertz CT molecular complexity index is 998. The number of hydrogen-bond acceptors (Lipinski definition) is 7. The minimum absolute atomic E-state index is 0.0664. The van der Waals surface area contributed by atoms with Crippen molar-refractivity contribution in [3.8, 4) is 22.6 Å². The zero-order valence-electron chi connectivity index (χ0n) is 15.8. The molecule has 1 aromatic carbocycles. The summed E-state index contributed by atoms with van der Waals surface area (Å²) in [4.78, 5) is 27.5. The Morgan fingerprint density at radius 1 is 1.17 bits per heavy atom. The lowest BCUT2D eigenvalue weighted by molar-refractivity contribution is -0.115. The van der Waals surface area contributed by atoms with Crippen molar-refractivity contribution in [1.82, 2.24) is 25.1 Å². The first kappa shape index (κ1) is 17.7. The lowest BCUT2D eigenvalue weighted by atomic mass is 10.1. The highest BCUT2D eigenvalue weighted by Crippen LogP contribution is 2.30. The van der Waals surface area contributed by atoms with E-state index in [0.717, 1.165) is 48.5 Å². The van der Waals surface area contributed by atoms with E-state index in [-0.39, 0.29) is 18.6 Å². The molecule has 0 radical (unpaired) electrons. The van der Waals surface area contributed by atoms with Crippen LogP contribution in [0.15, 0.2) is 36.8 Å². The number of carbonyl (C=O) groups excluding carboxylic acids is 1. The maximum absolute atomic E-state index is 12.1. The van der Waals surface area contributed by atoms with Crippen LogP contribution in [0.1, 0.15) is 19.3 Å². The minimum atomic E-state index is -0.0664. The van der Waals surface area contributed by atoms with E-state index in [1.54, 1.807) is 6.20 Å². The molecule has 9 heteroatoms. The van der Waals surface area contributed by atoms with Gasteiger partial charge in [0.2, 0.25) is 5.91 Å². The number of fused-ring (bicyclic) bond motifs is 1. The zero-order valence-corrected chi connectivity index (χ0v) is 15.8. The van der Waals surface area contributed by atoms with Gasteiger partial charge < -0.3 is 15.0 Å². The number of ether oxygens (including phenoxy) is 1. The van der Waals surface area contributed by atoms with Crippen LogP contribution in [0.4, 0.5) is 11.6 Å². The van der Waals surface area contributed by atoms with Crippen LogP contribution in [0.25, 0.3) is 22.6 Å². The van der Waals surface area contributed by atoms with E-state index >= 15 is 0 Å². The SMILES string of the molecule is O=C1CN(CCC2CCCO2)c2nc(-c3ccc(-c4ncn[nH]4)cc3)cnc2N1. The van der Waals surface area contributed by atoms with Crippen LogP contribution < -0.4 is 10.2 Å². The van der Waals surface area contributed by atoms with Gasteiger partial charge in [-0.1, -0.05) is 24.3 Å². The van der Waals surface area contributed by atoms with Gasteiger partial charge in [0.1, 0.15) is 6.33 Å². The van der Waals surface area contributed by atoms with Gasteiger partial charge >= 0.3 is 0 Å². The Balaban J connectivity index is 1.39. The molecule has 29 heavy (non-hydrogen) atoms. The number of aromatic nitrogens is 5. The predicted octanol–water partition coefficient (Wildman–Crippen LogP) is 2.26. The van der Waals surface area contributed by atoms with E-state index < -0.39 is 0 Å². The number of carbonyl (C=O) groups is 1. The molecule has 9 nitrogen and oxygen atoms in total. The molecule has 3 aromatic rings. The summed E-state index contributed by atoms with van der Waals surface area (Å²) < 4.78 is 5.72. The highest BCUT2D eigenvalue weighted by atomic mass is 16.5. The normalized spacial score (nSPS) is 18.6. The summed E-state index contributed by atoms with van der Waals surface area (Å²) in [6.07, 6.45) is 6.50. The first-order chi connectivity index (χ1) is 14.3. The molecular formula is C20H21N7O2. The van der Waals surface area contributed by atoms with Crippen LogP contribution in [0.5, 0.6) is 0 Å². The molecule has 5 rings (SSSR count). The van der Waals surface area contributed by atoms with Gasteiger partial charge in [0.05, 0.1) is 24.5 Å². The van der Waals surface area contributed by atoms with Crippen molar-refractivity contribution in [2.75, 3.05) is 29.9 Å². The fourth-order valence-corrected chi connectivity index (χ4v) is 3.75. The number of aromatic amines is 1. The Morgan fingerprint density at radius 3 is 2.79 bits per heavy atom. The standard InChI is InChI=1S/C20H21N7O2/c28-17-11-27(8-7-15-2-1-9-29-15)20-19(25-17)21-10-16(24-20)13-3-5-14(6-4-13)18-22-12-23-26-18/h3-6,10,12,15H,1-2,7-9,11H2,(H,21,25,28)(H,22,23,26). The molecule has 148 valence electrons. The second kappa shape index (κ2) is 7.59. The largest absolute Gasteiger partial charge is 0.378 e. The Morgan fingerprint density at radius 2 is 2.03 bits per heavy atom. The molecule has 0 spiro atoms. The van der Waals surface area contributed by atoms with Crippen molar-refractivity contribution < 1.29 is 9.53 Å². The quantitative estimate of drug-likeness (QED) is 0.686. The fourth-order valence-electron chi connectivity index (χ4n) is 3.75. The topological polar surface area (TPSA) is 109 Å². The Hall–Kier alpha value is -3.33. The number of nitrogens with one attached hydrogen (secondary N) is 2. The smallest absolute Gasteiger partial charge is 0.245 e. The van der Waals surface area contributed by atoms with E-state index in [1.807, 2.05) is 29.2 Å². The zero-order chi connectivity index (χ0) is 19.6. The van der Waals surface area contributed by atoms with Crippen molar-refractivity contribution in [2.24, 2.45) is 0 Å². The molecule has 0 saturated carbocycles. The third-order valence-electron chi connectivity index (χ3n) is 5.26. The van der Waals surface area contributed by atoms with Crippen LogP contribution in [-0.2, 0) is 9.53 Å². The average Bonchev–Trinajstić information content (AvgIpc) is 3.46. The van der Waals surface area contributed by atoms with Gasteiger partial charge in [-0.15, -0.1) is 0 Å². The molecule has 1 fully saturated rings. The summed E-state index contributed by atoms with van der Waals surface area (Å²) in [5.41, 5.74) is 2.65. The van der Waals surface area contributed by atoms with Crippen molar-refractivity contribution in [2.45, 2.75) is 25.4 Å². The van der Waals surface area contributed by atoms with Crippen LogP contribution in [0, 0.1) is 0 Å². The Labute approximate surface area is 167 Å². The molecule has 0 bridgehead atoms. The molecule has 2 aromatic heterocycles. The van der Waals surface area contributed by atoms with Crippen molar-refractivity contribution in [3.63, 3.8) is 0 Å². The van der Waals surface area contributed by atoms with Crippen LogP contribution in [0.2, 0.25) is 0 Å². The molecule has 2 aliphatic heterocycles. The third-order valence-corrected chi connectivity index (χ3v) is 5.26. The molecule has 1 saturated heterocycles. The van der Waals surface area contributed by atoms with Gasteiger partial charge in [-0.2, -0.15) is 5.10 Å². The van der Waals surface area contributed by atoms with E-state index in [0.29, 0.717) is 18.2 Å². The van der Waals surface area contributed by atoms with Crippen LogP contribution in [-0.4, -0.2) is 56.9 Å². The lowest BCUT2D eigenvalue weighted by Crippen LogP contribution is -2.40. The summed E-state index contributed by atoms with van der Waals surface area (Å²) in [5.74, 6) is 1.87. The molecule has 1 unspecified atom stereocenters. The monoisotopic (exact) mass is 391 g/mol. The molecule has 2 aliphatic rings. The third kappa shape index (κ3) is 3.68. The molecule has 4 heterocycles. The highest BCUT2D eigenvalue weighted by Gasteiger charge is 2.26. The Kier molecular flexibility index (Phi) is 4.65. The van der Waals surface area contributed by atoms with Crippen LogP contribution >= 0.6 is 0 Å². The van der Waals surface area contributed by atoms with Gasteiger partial charge in [0, 0.05) is 24.3 Å². The highest BCUT2D eigenvalue weighted by molar-refractivity contribution is 5.99. The minimum Gasteiger partial charge on any atom is -0.378 e. The van der Waals surface area contributed by atoms with E-state index in [2.05, 4.69) is 25.5 Å². The average molecular weight is 391 g/mol. The summed E-state index contributed by atoms with van der Waals surface area (Å²) in [6, 6.07) is 7.89. The van der Waals surface area contributed by atoms with E-state index in [9.17, 15) is 4.79 Å². The fraction of sp³-hybridized carbons (Fsp3) is 0.350. The maximum Gasteiger partial charge on any atom is 0.245 e. The van der Waals surface area contributed by atoms with Crippen molar-refractivity contribution in [3.05, 3.63) is 36.8 Å². The number of rotatable bonds is 5. The van der Waals surface area contributed by atoms with Gasteiger partial charge in [-0.25, -0.2) is 15.0 Å². The summed E-state index contributed by atoms with van der Waals surface area (Å²) >= 11 is 0. The number of anilines is 2. The van der Waals surface area contributed by atoms with Gasteiger partial charge in [0.15, 0.2) is 17.5 Å². The number of hydrogen-bond donors (Lipinski definition) is 2. The van der Waals surface area contributed by atoms with Crippen LogP contribution in [0.3, 0.4) is 0 Å². The number of H-pyrrole nitrogens is 1. The summed E-state index contributed by atoms with van der Waals surface area (Å²) in [7, 11) is 0. The summed E-state index contributed by atoms with van der Waals surface area (Å²) in [6.45, 7) is 1.83. The number of nitrogens with zero attached hydrogens (tertiary/aromatic N) is 5. The van der Waals surface area contributed by atoms with Gasteiger partial charge in [0.25, 0.3) is 0 Å². The first-order valence-corrected chi connectivity index (χ1v) is 9.76. The lowest BCUT2D eigenvalue weighted by Gasteiger charge is -2.30. The second-order valence-corrected chi connectivity index (χ2v) is 7.23. The second-order valence-electron chi connectivity index (χ2n) is 7.23. The predicted molar refractivity (Wildman–Crippen MR) is 107 cm³/mol. The number of amides is 1. The molecule has 1 amide bonds. The molecule has 0 aliphatic carbocycles. The van der Waals surface area contributed by atoms with Gasteiger partial charge in [-0.3, -0.25) is 9.89 Å². The van der Waals surface area contributed by atoms with E-state index in [4.69, 9.17) is 9.72 Å². The van der Waals surface area contributed by atoms with Crippen molar-refractivity contribution in [1.29, 1.82) is 0 Å². The molecular weight excluding hydrogens is 370 g/mol. The number of benzene rings is 1. The first-order valence-electron chi connectivity index (χ1n) is 9.76. The van der Waals surface area contributed by atoms with Crippen molar-refractivity contribution >= 4 is 17.5 Å². The molecule has 2 N–H and O–H groups in total. The maximum atomic E-state index is 12.1. The van der Waals surface area contributed by atoms with E-state index in [1.165, 1.54) is 6.33 Å². The summed E-state index contributed by atoms with van der Waals surface area (Å²) in [5, 5.41) is 9.55. The molecule has 1 atom stereocenters. The van der Waals surface area contributed by atoms with Gasteiger partial charge in [-0.05, 0) is 19.3 Å².